The molecule has 19 heavy (non-hydrogen) atoms. The van der Waals surface area contributed by atoms with E-state index in [0.29, 0.717) is 18.5 Å². The topological polar surface area (TPSA) is 46.2 Å². The highest BCUT2D eigenvalue weighted by Crippen LogP contribution is 2.50. The van der Waals surface area contributed by atoms with Crippen LogP contribution in [0, 0.1) is 22.5 Å². The molecule has 1 aromatic rings. The maximum atomic E-state index is 13.3. The second kappa shape index (κ2) is 4.84. The van der Waals surface area contributed by atoms with E-state index in [-0.39, 0.29) is 5.41 Å². The number of benzene rings is 1. The van der Waals surface area contributed by atoms with Crippen molar-refractivity contribution in [3.05, 3.63) is 35.4 Å². The van der Waals surface area contributed by atoms with Crippen molar-refractivity contribution in [1.29, 1.82) is 0 Å². The minimum Gasteiger partial charge on any atom is -0.392 e. The Labute approximate surface area is 112 Å². The van der Waals surface area contributed by atoms with E-state index in [1.54, 1.807) is 6.07 Å². The van der Waals surface area contributed by atoms with Gasteiger partial charge in [-0.3, -0.25) is 0 Å². The van der Waals surface area contributed by atoms with Crippen molar-refractivity contribution in [2.75, 3.05) is 6.54 Å². The van der Waals surface area contributed by atoms with Crippen LogP contribution in [0.15, 0.2) is 18.2 Å². The Morgan fingerprint density at radius 1 is 1.26 bits per heavy atom. The Morgan fingerprint density at radius 3 is 2.42 bits per heavy atom. The quantitative estimate of drug-likeness (QED) is 0.886. The van der Waals surface area contributed by atoms with Gasteiger partial charge in [0.25, 0.3) is 0 Å². The second-order valence-electron chi connectivity index (χ2n) is 6.38. The van der Waals surface area contributed by atoms with Gasteiger partial charge in [-0.05, 0) is 42.4 Å². The third kappa shape index (κ3) is 2.51. The van der Waals surface area contributed by atoms with Crippen LogP contribution in [0.4, 0.5) is 8.78 Å². The van der Waals surface area contributed by atoms with Crippen LogP contribution in [0.2, 0.25) is 0 Å². The zero-order valence-electron chi connectivity index (χ0n) is 11.4. The van der Waals surface area contributed by atoms with E-state index >= 15 is 0 Å². The largest absolute Gasteiger partial charge is 0.392 e. The smallest absolute Gasteiger partial charge is 0.159 e. The summed E-state index contributed by atoms with van der Waals surface area (Å²) in [6.45, 7) is 4.37. The number of rotatable bonds is 3. The van der Waals surface area contributed by atoms with Crippen molar-refractivity contribution in [1.82, 2.24) is 0 Å². The Kier molecular flexibility index (Phi) is 3.67. The van der Waals surface area contributed by atoms with Crippen molar-refractivity contribution in [3.63, 3.8) is 0 Å². The van der Waals surface area contributed by atoms with Crippen LogP contribution in [0.3, 0.4) is 0 Å². The maximum Gasteiger partial charge on any atom is 0.159 e. The monoisotopic (exact) mass is 269 g/mol. The molecule has 1 aromatic carbocycles. The van der Waals surface area contributed by atoms with Crippen molar-refractivity contribution in [2.45, 2.75) is 39.2 Å². The van der Waals surface area contributed by atoms with Gasteiger partial charge < -0.3 is 10.8 Å². The Morgan fingerprint density at radius 2 is 1.95 bits per heavy atom. The zero-order chi connectivity index (χ0) is 14.3. The van der Waals surface area contributed by atoms with Gasteiger partial charge in [-0.25, -0.2) is 8.78 Å². The lowest BCUT2D eigenvalue weighted by atomic mass is 9.74. The first-order valence-corrected chi connectivity index (χ1v) is 6.63. The SMILES string of the molecule is CC1(C)CCC(CN)(Cc2ccc(F)c(F)c2)C1O. The fourth-order valence-corrected chi connectivity index (χ4v) is 3.20. The van der Waals surface area contributed by atoms with Gasteiger partial charge in [0.2, 0.25) is 0 Å². The molecule has 0 radical (unpaired) electrons. The molecule has 2 nitrogen and oxygen atoms in total. The molecule has 0 spiro atoms. The molecule has 2 unspecified atom stereocenters. The fraction of sp³-hybridized carbons (Fsp3) is 0.600. The van der Waals surface area contributed by atoms with Crippen LogP contribution in [0.25, 0.3) is 0 Å². The molecule has 106 valence electrons. The van der Waals surface area contributed by atoms with Crippen LogP contribution < -0.4 is 5.73 Å². The first kappa shape index (κ1) is 14.4. The second-order valence-corrected chi connectivity index (χ2v) is 6.38. The van der Waals surface area contributed by atoms with E-state index in [1.165, 1.54) is 6.07 Å². The number of nitrogens with two attached hydrogens (primary N) is 1. The van der Waals surface area contributed by atoms with Crippen LogP contribution in [0.1, 0.15) is 32.3 Å². The van der Waals surface area contributed by atoms with Gasteiger partial charge in [0.1, 0.15) is 0 Å². The molecule has 0 saturated heterocycles. The summed E-state index contributed by atoms with van der Waals surface area (Å²) in [6.07, 6.45) is 1.63. The fourth-order valence-electron chi connectivity index (χ4n) is 3.20. The lowest BCUT2D eigenvalue weighted by molar-refractivity contribution is -0.00467. The molecule has 0 aliphatic heterocycles. The number of aliphatic hydroxyl groups is 1. The highest BCUT2D eigenvalue weighted by molar-refractivity contribution is 5.21. The summed E-state index contributed by atoms with van der Waals surface area (Å²) < 4.78 is 26.2. The van der Waals surface area contributed by atoms with Crippen molar-refractivity contribution < 1.29 is 13.9 Å². The summed E-state index contributed by atoms with van der Waals surface area (Å²) in [5, 5.41) is 10.5. The van der Waals surface area contributed by atoms with Gasteiger partial charge >= 0.3 is 0 Å². The van der Waals surface area contributed by atoms with Gasteiger partial charge in [0.15, 0.2) is 11.6 Å². The zero-order valence-corrected chi connectivity index (χ0v) is 11.4. The Bertz CT molecular complexity index is 475. The molecule has 0 heterocycles. The average molecular weight is 269 g/mol. The molecule has 1 saturated carbocycles. The molecule has 2 atom stereocenters. The van der Waals surface area contributed by atoms with Crippen molar-refractivity contribution in [3.8, 4) is 0 Å². The molecule has 1 aliphatic rings. The lowest BCUT2D eigenvalue weighted by Crippen LogP contribution is -2.44. The van der Waals surface area contributed by atoms with Gasteiger partial charge in [0.05, 0.1) is 6.10 Å². The number of halogens is 2. The van der Waals surface area contributed by atoms with Crippen LogP contribution in [0.5, 0.6) is 0 Å². The third-order valence-electron chi connectivity index (χ3n) is 4.53. The van der Waals surface area contributed by atoms with Crippen LogP contribution >= 0.6 is 0 Å². The normalized spacial score (nSPS) is 29.7. The molecular weight excluding hydrogens is 248 g/mol. The van der Waals surface area contributed by atoms with E-state index in [1.807, 2.05) is 13.8 Å². The maximum absolute atomic E-state index is 13.3. The van der Waals surface area contributed by atoms with E-state index < -0.39 is 23.2 Å². The lowest BCUT2D eigenvalue weighted by Gasteiger charge is -2.36. The van der Waals surface area contributed by atoms with Gasteiger partial charge in [0, 0.05) is 12.0 Å². The summed E-state index contributed by atoms with van der Waals surface area (Å²) in [6, 6.07) is 3.89. The highest BCUT2D eigenvalue weighted by Gasteiger charge is 2.50. The first-order chi connectivity index (χ1) is 8.81. The standard InChI is InChI=1S/C15H21F2NO/c1-14(2)5-6-15(9-18,13(14)19)8-10-3-4-11(16)12(17)7-10/h3-4,7,13,19H,5-6,8-9,18H2,1-2H3. The summed E-state index contributed by atoms with van der Waals surface area (Å²) in [7, 11) is 0. The van der Waals surface area contributed by atoms with Gasteiger partial charge in [-0.15, -0.1) is 0 Å². The van der Waals surface area contributed by atoms with E-state index in [4.69, 9.17) is 5.73 Å². The predicted molar refractivity (Wildman–Crippen MR) is 70.6 cm³/mol. The van der Waals surface area contributed by atoms with E-state index in [2.05, 4.69) is 0 Å². The van der Waals surface area contributed by atoms with Gasteiger partial charge in [-0.1, -0.05) is 19.9 Å². The van der Waals surface area contributed by atoms with Crippen molar-refractivity contribution >= 4 is 0 Å². The van der Waals surface area contributed by atoms with E-state index in [0.717, 1.165) is 18.9 Å². The van der Waals surface area contributed by atoms with E-state index in [9.17, 15) is 13.9 Å². The summed E-state index contributed by atoms with van der Waals surface area (Å²) in [5.74, 6) is -1.70. The molecule has 0 bridgehead atoms. The van der Waals surface area contributed by atoms with Crippen LogP contribution in [-0.4, -0.2) is 17.8 Å². The van der Waals surface area contributed by atoms with Crippen molar-refractivity contribution in [2.24, 2.45) is 16.6 Å². The van der Waals surface area contributed by atoms with Gasteiger partial charge in [-0.2, -0.15) is 0 Å². The summed E-state index contributed by atoms with van der Waals surface area (Å²) in [5.41, 5.74) is 5.93. The summed E-state index contributed by atoms with van der Waals surface area (Å²) >= 11 is 0. The number of aliphatic hydroxyl groups excluding tert-OH is 1. The average Bonchev–Trinajstić information content (AvgIpc) is 2.59. The summed E-state index contributed by atoms with van der Waals surface area (Å²) in [4.78, 5) is 0. The molecule has 1 aliphatic carbocycles. The Hall–Kier alpha value is -1.00. The first-order valence-electron chi connectivity index (χ1n) is 6.63. The molecule has 3 N–H and O–H groups in total. The minimum absolute atomic E-state index is 0.183. The molecule has 2 rings (SSSR count). The predicted octanol–water partition coefficient (Wildman–Crippen LogP) is 2.63. The van der Waals surface area contributed by atoms with Crippen LogP contribution in [-0.2, 0) is 6.42 Å². The molecule has 0 aromatic heterocycles. The molecule has 1 fully saturated rings. The third-order valence-corrected chi connectivity index (χ3v) is 4.53. The number of hydrogen-bond donors (Lipinski definition) is 2. The highest BCUT2D eigenvalue weighted by atomic mass is 19.2. The molecule has 0 amide bonds. The molecular formula is C15H21F2NO. The molecule has 4 heteroatoms. The Balaban J connectivity index is 2.27. The minimum atomic E-state index is -0.851. The number of hydrogen-bond acceptors (Lipinski definition) is 2.